The third kappa shape index (κ3) is 2.98. The Hall–Kier alpha value is -2.32. The molecular weight excluding hydrogens is 272 g/mol. The van der Waals surface area contributed by atoms with Crippen LogP contribution in [-0.2, 0) is 11.3 Å². The maximum atomic E-state index is 11.6. The number of ether oxygens (including phenoxy) is 1. The highest BCUT2D eigenvalue weighted by molar-refractivity contribution is 7.12. The van der Waals surface area contributed by atoms with E-state index in [1.165, 1.54) is 18.4 Å². The van der Waals surface area contributed by atoms with Gasteiger partial charge >= 0.3 is 5.97 Å². The minimum Gasteiger partial charge on any atom is -0.465 e. The van der Waals surface area contributed by atoms with Gasteiger partial charge in [-0.25, -0.2) is 4.79 Å². The van der Waals surface area contributed by atoms with Crippen LogP contribution in [0.3, 0.4) is 0 Å². The van der Waals surface area contributed by atoms with Gasteiger partial charge in [-0.05, 0) is 36.8 Å². The van der Waals surface area contributed by atoms with E-state index in [0.717, 1.165) is 16.1 Å². The van der Waals surface area contributed by atoms with E-state index in [4.69, 9.17) is 10.00 Å². The first-order valence-electron chi connectivity index (χ1n) is 6.06. The number of hydrogen-bond acceptors (Lipinski definition) is 5. The smallest absolute Gasteiger partial charge is 0.338 e. The molecule has 5 heteroatoms. The summed E-state index contributed by atoms with van der Waals surface area (Å²) in [5, 5.41) is 12.1. The van der Waals surface area contributed by atoms with Gasteiger partial charge in [0.05, 0.1) is 12.7 Å². The molecule has 0 aliphatic carbocycles. The number of carbonyl (C=O) groups excluding carboxylic acids is 1. The van der Waals surface area contributed by atoms with Crippen molar-refractivity contribution in [2.75, 3.05) is 12.4 Å². The van der Waals surface area contributed by atoms with Crippen LogP contribution in [-0.4, -0.2) is 13.1 Å². The van der Waals surface area contributed by atoms with E-state index in [0.29, 0.717) is 17.0 Å². The maximum Gasteiger partial charge on any atom is 0.338 e. The van der Waals surface area contributed by atoms with Crippen LogP contribution in [0.5, 0.6) is 0 Å². The van der Waals surface area contributed by atoms with E-state index in [9.17, 15) is 4.79 Å². The Morgan fingerprint density at radius 3 is 2.85 bits per heavy atom. The van der Waals surface area contributed by atoms with Gasteiger partial charge in [-0.2, -0.15) is 5.26 Å². The summed E-state index contributed by atoms with van der Waals surface area (Å²) in [5.41, 5.74) is 2.30. The fourth-order valence-corrected chi connectivity index (χ4v) is 2.62. The lowest BCUT2D eigenvalue weighted by Crippen LogP contribution is -2.07. The molecule has 0 bridgehead atoms. The first-order chi connectivity index (χ1) is 9.65. The molecule has 0 fully saturated rings. The summed E-state index contributed by atoms with van der Waals surface area (Å²) in [7, 11) is 1.37. The van der Waals surface area contributed by atoms with Crippen molar-refractivity contribution in [2.45, 2.75) is 13.5 Å². The van der Waals surface area contributed by atoms with Gasteiger partial charge in [0.2, 0.25) is 0 Å². The number of esters is 1. The van der Waals surface area contributed by atoms with Crippen LogP contribution in [0.2, 0.25) is 0 Å². The summed E-state index contributed by atoms with van der Waals surface area (Å²) >= 11 is 1.46. The molecule has 2 rings (SSSR count). The van der Waals surface area contributed by atoms with Crippen LogP contribution in [0.25, 0.3) is 0 Å². The third-order valence-corrected chi connectivity index (χ3v) is 3.95. The summed E-state index contributed by atoms with van der Waals surface area (Å²) in [4.78, 5) is 13.4. The van der Waals surface area contributed by atoms with E-state index >= 15 is 0 Å². The summed E-state index contributed by atoms with van der Waals surface area (Å²) in [5.74, 6) is -0.339. The van der Waals surface area contributed by atoms with E-state index < -0.39 is 0 Å². The van der Waals surface area contributed by atoms with Crippen molar-refractivity contribution in [1.29, 1.82) is 5.26 Å². The van der Waals surface area contributed by atoms with E-state index in [1.54, 1.807) is 12.1 Å². The normalized spacial score (nSPS) is 9.85. The zero-order valence-corrected chi connectivity index (χ0v) is 12.1. The van der Waals surface area contributed by atoms with Gasteiger partial charge in [0.1, 0.15) is 10.9 Å². The maximum absolute atomic E-state index is 11.6. The molecule has 0 amide bonds. The molecule has 0 aliphatic rings. The van der Waals surface area contributed by atoms with Crippen LogP contribution < -0.4 is 5.32 Å². The van der Waals surface area contributed by atoms with Crippen LogP contribution in [0.15, 0.2) is 30.3 Å². The number of methoxy groups -OCH3 is 1. The summed E-state index contributed by atoms with van der Waals surface area (Å²) < 4.78 is 4.75. The van der Waals surface area contributed by atoms with Crippen LogP contribution in [0.4, 0.5) is 5.69 Å². The Morgan fingerprint density at radius 1 is 1.40 bits per heavy atom. The molecule has 4 nitrogen and oxygen atoms in total. The molecule has 102 valence electrons. The molecular formula is C15H14N2O2S. The average molecular weight is 286 g/mol. The van der Waals surface area contributed by atoms with Gasteiger partial charge in [0.25, 0.3) is 0 Å². The number of thiophene rings is 1. The molecule has 0 unspecified atom stereocenters. The Morgan fingerprint density at radius 2 is 2.20 bits per heavy atom. The third-order valence-electron chi connectivity index (χ3n) is 2.96. The van der Waals surface area contributed by atoms with E-state index in [1.807, 2.05) is 25.1 Å². The van der Waals surface area contributed by atoms with Crippen molar-refractivity contribution in [3.8, 4) is 6.07 Å². The second-order valence-corrected chi connectivity index (χ2v) is 5.37. The topological polar surface area (TPSA) is 62.1 Å². The molecule has 1 aromatic heterocycles. The summed E-state index contributed by atoms with van der Waals surface area (Å²) in [6.45, 7) is 2.50. The average Bonchev–Trinajstić information content (AvgIpc) is 2.93. The first-order valence-corrected chi connectivity index (χ1v) is 6.88. The number of nitriles is 1. The highest BCUT2D eigenvalue weighted by Gasteiger charge is 2.11. The second-order valence-electron chi connectivity index (χ2n) is 4.20. The predicted octanol–water partition coefficient (Wildman–Crippen LogP) is 3.33. The number of nitrogens with one attached hydrogen (secondary N) is 1. The molecule has 0 atom stereocenters. The number of nitrogens with zero attached hydrogens (tertiary/aromatic N) is 1. The molecule has 0 spiro atoms. The van der Waals surface area contributed by atoms with Crippen molar-refractivity contribution >= 4 is 23.0 Å². The molecule has 2 aromatic rings. The van der Waals surface area contributed by atoms with Crippen molar-refractivity contribution in [1.82, 2.24) is 0 Å². The van der Waals surface area contributed by atoms with E-state index in [2.05, 4.69) is 11.4 Å². The van der Waals surface area contributed by atoms with Gasteiger partial charge in [-0.15, -0.1) is 11.3 Å². The molecule has 1 heterocycles. The van der Waals surface area contributed by atoms with Crippen molar-refractivity contribution < 1.29 is 9.53 Å². The molecule has 0 saturated heterocycles. The van der Waals surface area contributed by atoms with E-state index in [-0.39, 0.29) is 5.97 Å². The number of hydrogen-bond donors (Lipinski definition) is 1. The molecule has 0 aliphatic heterocycles. The standard InChI is InChI=1S/C15H14N2O2S/c1-10-13(15(18)19-2)4-3-5-14(10)17-9-12-7-6-11(8-16)20-12/h3-7,17H,9H2,1-2H3. The summed E-state index contributed by atoms with van der Waals surface area (Å²) in [6.07, 6.45) is 0. The second kappa shape index (κ2) is 6.22. The Balaban J connectivity index is 2.14. The fourth-order valence-electron chi connectivity index (χ4n) is 1.87. The van der Waals surface area contributed by atoms with Gasteiger partial charge in [-0.3, -0.25) is 0 Å². The fraction of sp³-hybridized carbons (Fsp3) is 0.200. The SMILES string of the molecule is COC(=O)c1cccc(NCc2ccc(C#N)s2)c1C. The highest BCUT2D eigenvalue weighted by atomic mass is 32.1. The number of rotatable bonds is 4. The quantitative estimate of drug-likeness (QED) is 0.876. The van der Waals surface area contributed by atoms with Gasteiger partial charge in [0, 0.05) is 17.1 Å². The lowest BCUT2D eigenvalue weighted by Gasteiger charge is -2.11. The van der Waals surface area contributed by atoms with Crippen LogP contribution in [0, 0.1) is 18.3 Å². The van der Waals surface area contributed by atoms with Gasteiger partial charge in [-0.1, -0.05) is 6.07 Å². The molecule has 0 saturated carbocycles. The minimum atomic E-state index is -0.339. The first kappa shape index (κ1) is 14.1. The Bertz CT molecular complexity index is 671. The number of carbonyl (C=O) groups is 1. The molecule has 1 N–H and O–H groups in total. The van der Waals surface area contributed by atoms with Crippen molar-refractivity contribution in [2.24, 2.45) is 0 Å². The van der Waals surface area contributed by atoms with Gasteiger partial charge < -0.3 is 10.1 Å². The predicted molar refractivity (Wildman–Crippen MR) is 78.9 cm³/mol. The lowest BCUT2D eigenvalue weighted by molar-refractivity contribution is 0.0600. The molecule has 0 radical (unpaired) electrons. The van der Waals surface area contributed by atoms with Gasteiger partial charge in [0.15, 0.2) is 0 Å². The zero-order chi connectivity index (χ0) is 14.5. The summed E-state index contributed by atoms with van der Waals surface area (Å²) in [6, 6.07) is 11.3. The van der Waals surface area contributed by atoms with Crippen molar-refractivity contribution in [3.05, 3.63) is 51.2 Å². The van der Waals surface area contributed by atoms with Crippen LogP contribution >= 0.6 is 11.3 Å². The highest BCUT2D eigenvalue weighted by Crippen LogP contribution is 2.22. The van der Waals surface area contributed by atoms with Crippen LogP contribution in [0.1, 0.15) is 25.7 Å². The minimum absolute atomic E-state index is 0.339. The molecule has 1 aromatic carbocycles. The number of anilines is 1. The zero-order valence-electron chi connectivity index (χ0n) is 11.3. The lowest BCUT2D eigenvalue weighted by atomic mass is 10.1. The Kier molecular flexibility index (Phi) is 4.38. The Labute approximate surface area is 121 Å². The number of benzene rings is 1. The monoisotopic (exact) mass is 286 g/mol. The van der Waals surface area contributed by atoms with Crippen molar-refractivity contribution in [3.63, 3.8) is 0 Å². The molecule has 20 heavy (non-hydrogen) atoms. The largest absolute Gasteiger partial charge is 0.465 e.